The first-order chi connectivity index (χ1) is 7.90. The Morgan fingerprint density at radius 3 is 2.41 bits per heavy atom. The van der Waals surface area contributed by atoms with Gasteiger partial charge in [0, 0.05) is 0 Å². The Hall–Kier alpha value is -1.02. The number of cyclic esters (lactones) is 1. The third kappa shape index (κ3) is 2.81. The molecule has 98 valence electrons. The standard InChI is InChI=1S/C10H16O7/c1-2-3-4(11)5(12)6(13)9-7(14)8(15)10(16)17-9/h4-5,7-9,11-12,14-15H,2-3H2,1H3/t4?,5?,7-,8-,9+/m1/s1. The van der Waals surface area contributed by atoms with E-state index in [0.29, 0.717) is 6.42 Å². The first-order valence-corrected chi connectivity index (χ1v) is 5.36. The van der Waals surface area contributed by atoms with Crippen molar-refractivity contribution >= 4 is 11.8 Å². The summed E-state index contributed by atoms with van der Waals surface area (Å²) in [6.45, 7) is 1.76. The third-order valence-electron chi connectivity index (χ3n) is 2.64. The lowest BCUT2D eigenvalue weighted by molar-refractivity contribution is -0.156. The highest BCUT2D eigenvalue weighted by molar-refractivity contribution is 5.93. The number of carbonyl (C=O) groups is 2. The van der Waals surface area contributed by atoms with Crippen molar-refractivity contribution in [2.75, 3.05) is 0 Å². The molecular formula is C10H16O7. The van der Waals surface area contributed by atoms with E-state index in [2.05, 4.69) is 4.74 Å². The quantitative estimate of drug-likeness (QED) is 0.404. The number of ketones is 1. The molecule has 0 bridgehead atoms. The fraction of sp³-hybridized carbons (Fsp3) is 0.800. The smallest absolute Gasteiger partial charge is 0.338 e. The van der Waals surface area contributed by atoms with Gasteiger partial charge in [0.15, 0.2) is 12.2 Å². The molecule has 7 nitrogen and oxygen atoms in total. The van der Waals surface area contributed by atoms with Crippen LogP contribution < -0.4 is 0 Å². The van der Waals surface area contributed by atoms with Gasteiger partial charge in [-0.2, -0.15) is 0 Å². The molecule has 0 aromatic rings. The molecular weight excluding hydrogens is 232 g/mol. The van der Waals surface area contributed by atoms with Crippen LogP contribution in [0.25, 0.3) is 0 Å². The summed E-state index contributed by atoms with van der Waals surface area (Å²) in [7, 11) is 0. The molecule has 0 aromatic carbocycles. The number of aliphatic hydroxyl groups is 4. The highest BCUT2D eigenvalue weighted by atomic mass is 16.6. The van der Waals surface area contributed by atoms with Crippen LogP contribution in [-0.4, -0.2) is 62.7 Å². The number of rotatable bonds is 5. The number of hydrogen-bond donors (Lipinski definition) is 4. The second-order valence-electron chi connectivity index (χ2n) is 4.00. The van der Waals surface area contributed by atoms with Gasteiger partial charge < -0.3 is 25.2 Å². The van der Waals surface area contributed by atoms with Gasteiger partial charge in [0.2, 0.25) is 5.78 Å². The molecule has 0 aromatic heterocycles. The second-order valence-corrected chi connectivity index (χ2v) is 4.00. The van der Waals surface area contributed by atoms with Gasteiger partial charge in [0.05, 0.1) is 6.10 Å². The highest BCUT2D eigenvalue weighted by Crippen LogP contribution is 2.19. The third-order valence-corrected chi connectivity index (χ3v) is 2.64. The first-order valence-electron chi connectivity index (χ1n) is 5.36. The van der Waals surface area contributed by atoms with Gasteiger partial charge in [0.25, 0.3) is 0 Å². The minimum atomic E-state index is -1.79. The summed E-state index contributed by atoms with van der Waals surface area (Å²) in [6.07, 6.45) is -7.39. The molecule has 1 fully saturated rings. The van der Waals surface area contributed by atoms with Crippen LogP contribution in [0.1, 0.15) is 19.8 Å². The molecule has 1 aliphatic heterocycles. The molecule has 17 heavy (non-hydrogen) atoms. The van der Waals surface area contributed by atoms with Crippen molar-refractivity contribution in [2.45, 2.75) is 50.3 Å². The van der Waals surface area contributed by atoms with Gasteiger partial charge >= 0.3 is 5.97 Å². The van der Waals surface area contributed by atoms with Crippen LogP contribution in [0, 0.1) is 0 Å². The van der Waals surface area contributed by atoms with Crippen LogP contribution in [0.5, 0.6) is 0 Å². The summed E-state index contributed by atoms with van der Waals surface area (Å²) >= 11 is 0. The van der Waals surface area contributed by atoms with Crippen molar-refractivity contribution in [1.29, 1.82) is 0 Å². The number of Topliss-reactive ketones (excluding diaryl/α,β-unsaturated/α-hetero) is 1. The van der Waals surface area contributed by atoms with Gasteiger partial charge in [-0.3, -0.25) is 4.79 Å². The van der Waals surface area contributed by atoms with E-state index in [1.54, 1.807) is 6.92 Å². The van der Waals surface area contributed by atoms with Gasteiger partial charge in [-0.05, 0) is 6.42 Å². The first kappa shape index (κ1) is 14.0. The molecule has 0 saturated carbocycles. The Bertz CT molecular complexity index is 303. The molecule has 1 heterocycles. The fourth-order valence-corrected chi connectivity index (χ4v) is 1.61. The van der Waals surface area contributed by atoms with E-state index < -0.39 is 42.3 Å². The monoisotopic (exact) mass is 248 g/mol. The maximum atomic E-state index is 11.6. The number of aliphatic hydroxyl groups excluding tert-OH is 4. The van der Waals surface area contributed by atoms with Gasteiger partial charge in [0.1, 0.15) is 12.2 Å². The lowest BCUT2D eigenvalue weighted by Crippen LogP contribution is -2.45. The fourth-order valence-electron chi connectivity index (χ4n) is 1.61. The predicted octanol–water partition coefficient (Wildman–Crippen LogP) is -2.28. The largest absolute Gasteiger partial charge is 0.449 e. The van der Waals surface area contributed by atoms with E-state index in [9.17, 15) is 24.9 Å². The predicted molar refractivity (Wildman–Crippen MR) is 53.8 cm³/mol. The average Bonchev–Trinajstić information content (AvgIpc) is 2.55. The molecule has 0 spiro atoms. The number of carbonyl (C=O) groups excluding carboxylic acids is 2. The summed E-state index contributed by atoms with van der Waals surface area (Å²) in [4.78, 5) is 22.5. The Labute approximate surface area is 97.6 Å². The highest BCUT2D eigenvalue weighted by Gasteiger charge is 2.48. The summed E-state index contributed by atoms with van der Waals surface area (Å²) in [5, 5.41) is 37.3. The zero-order chi connectivity index (χ0) is 13.2. The van der Waals surface area contributed by atoms with Crippen molar-refractivity contribution in [3.05, 3.63) is 0 Å². The van der Waals surface area contributed by atoms with Crippen LogP contribution in [0.2, 0.25) is 0 Å². The molecule has 1 aliphatic rings. The van der Waals surface area contributed by atoms with E-state index >= 15 is 0 Å². The Balaban J connectivity index is 2.67. The molecule has 0 amide bonds. The van der Waals surface area contributed by atoms with E-state index in [-0.39, 0.29) is 6.42 Å². The van der Waals surface area contributed by atoms with Crippen LogP contribution in [0.4, 0.5) is 0 Å². The zero-order valence-electron chi connectivity index (χ0n) is 9.31. The van der Waals surface area contributed by atoms with E-state index in [1.807, 2.05) is 0 Å². The van der Waals surface area contributed by atoms with Gasteiger partial charge in [-0.1, -0.05) is 13.3 Å². The van der Waals surface area contributed by atoms with Crippen molar-refractivity contribution in [1.82, 2.24) is 0 Å². The van der Waals surface area contributed by atoms with Crippen molar-refractivity contribution in [3.8, 4) is 0 Å². The number of hydrogen-bond acceptors (Lipinski definition) is 7. The molecule has 0 aliphatic carbocycles. The molecule has 4 N–H and O–H groups in total. The molecule has 2 unspecified atom stereocenters. The Morgan fingerprint density at radius 1 is 1.41 bits per heavy atom. The minimum absolute atomic E-state index is 0.201. The van der Waals surface area contributed by atoms with E-state index in [0.717, 1.165) is 0 Å². The lowest BCUT2D eigenvalue weighted by Gasteiger charge is -2.20. The maximum Gasteiger partial charge on any atom is 0.338 e. The molecule has 1 saturated heterocycles. The van der Waals surface area contributed by atoms with Crippen LogP contribution >= 0.6 is 0 Å². The molecule has 1 rings (SSSR count). The van der Waals surface area contributed by atoms with Crippen LogP contribution in [0.15, 0.2) is 0 Å². The SMILES string of the molecule is CCCC(O)C(O)C(=O)[C@@H]1OC(=O)[C@H](O)[C@H]1O. The van der Waals surface area contributed by atoms with E-state index in [4.69, 9.17) is 5.11 Å². The van der Waals surface area contributed by atoms with Gasteiger partial charge in [-0.15, -0.1) is 0 Å². The lowest BCUT2D eigenvalue weighted by atomic mass is 9.98. The van der Waals surface area contributed by atoms with Crippen LogP contribution in [0.3, 0.4) is 0 Å². The Morgan fingerprint density at radius 2 is 2.00 bits per heavy atom. The van der Waals surface area contributed by atoms with E-state index in [1.165, 1.54) is 0 Å². The number of esters is 1. The normalized spacial score (nSPS) is 32.1. The van der Waals surface area contributed by atoms with Crippen LogP contribution in [-0.2, 0) is 14.3 Å². The maximum absolute atomic E-state index is 11.6. The van der Waals surface area contributed by atoms with Gasteiger partial charge in [-0.25, -0.2) is 4.79 Å². The summed E-state index contributed by atoms with van der Waals surface area (Å²) in [6, 6.07) is 0. The summed E-state index contributed by atoms with van der Waals surface area (Å²) in [5.74, 6) is -2.13. The average molecular weight is 248 g/mol. The van der Waals surface area contributed by atoms with Crippen molar-refractivity contribution in [2.24, 2.45) is 0 Å². The second kappa shape index (κ2) is 5.54. The molecule has 5 atom stereocenters. The number of ether oxygens (including phenoxy) is 1. The minimum Gasteiger partial charge on any atom is -0.449 e. The zero-order valence-corrected chi connectivity index (χ0v) is 9.31. The van der Waals surface area contributed by atoms with Crippen molar-refractivity contribution < 1.29 is 34.8 Å². The molecule has 0 radical (unpaired) electrons. The summed E-state index contributed by atoms with van der Waals surface area (Å²) < 4.78 is 4.44. The molecule has 7 heteroatoms. The Kier molecular flexibility index (Phi) is 4.58. The van der Waals surface area contributed by atoms with Crippen molar-refractivity contribution in [3.63, 3.8) is 0 Å². The summed E-state index contributed by atoms with van der Waals surface area (Å²) in [5.41, 5.74) is 0. The topological polar surface area (TPSA) is 124 Å².